The zero-order valence-corrected chi connectivity index (χ0v) is 11.9. The molecule has 0 saturated carbocycles. The van der Waals surface area contributed by atoms with Gasteiger partial charge in [-0.2, -0.15) is 4.98 Å². The van der Waals surface area contributed by atoms with Crippen LogP contribution in [0.15, 0.2) is 28.8 Å². The van der Waals surface area contributed by atoms with Crippen molar-refractivity contribution in [1.29, 1.82) is 0 Å². The van der Waals surface area contributed by atoms with E-state index in [0.29, 0.717) is 11.4 Å². The van der Waals surface area contributed by atoms with E-state index in [9.17, 15) is 9.18 Å². The Kier molecular flexibility index (Phi) is 4.73. The van der Waals surface area contributed by atoms with E-state index in [1.54, 1.807) is 25.1 Å². The number of amides is 1. The number of thioether (sulfide) groups is 1. The van der Waals surface area contributed by atoms with Gasteiger partial charge < -0.3 is 4.52 Å². The van der Waals surface area contributed by atoms with Crippen LogP contribution in [0.25, 0.3) is 0 Å². The minimum atomic E-state index is -0.263. The lowest BCUT2D eigenvalue weighted by Gasteiger charge is -2.11. The molecule has 7 heteroatoms. The Morgan fingerprint density at radius 3 is 2.90 bits per heavy atom. The summed E-state index contributed by atoms with van der Waals surface area (Å²) in [5.74, 6) is 0.103. The third-order valence-corrected chi connectivity index (χ3v) is 3.76. The maximum Gasteiger partial charge on any atom is 0.328 e. The highest BCUT2D eigenvalue weighted by atomic mass is 32.2. The number of rotatable bonds is 5. The number of aryl methyl sites for hydroxylation is 1. The van der Waals surface area contributed by atoms with Crippen molar-refractivity contribution in [2.45, 2.75) is 19.1 Å². The topological polar surface area (TPSA) is 68.0 Å². The Morgan fingerprint density at radius 2 is 2.25 bits per heavy atom. The first-order valence-corrected chi connectivity index (χ1v) is 7.07. The predicted molar refractivity (Wildman–Crippen MR) is 74.9 cm³/mol. The molecule has 1 unspecified atom stereocenters. The smallest absolute Gasteiger partial charge is 0.315 e. The summed E-state index contributed by atoms with van der Waals surface area (Å²) in [6, 6.07) is 6.61. The van der Waals surface area contributed by atoms with Crippen LogP contribution >= 0.6 is 11.8 Å². The lowest BCUT2D eigenvalue weighted by Crippen LogP contribution is -2.15. The van der Waals surface area contributed by atoms with Gasteiger partial charge in [-0.15, -0.1) is 11.8 Å². The standard InChI is InChI=1S/C13H14FN3O2S/c1-8(10-5-3-4-6-11(10)14)20-7-12(18)16-13-15-9(2)17-19-13/h3-6,8H,7H2,1-2H3,(H,15,16,17,18). The third-order valence-electron chi connectivity index (χ3n) is 2.58. The summed E-state index contributed by atoms with van der Waals surface area (Å²) >= 11 is 1.34. The number of anilines is 1. The van der Waals surface area contributed by atoms with E-state index < -0.39 is 0 Å². The number of carbonyl (C=O) groups is 1. The zero-order valence-electron chi connectivity index (χ0n) is 11.1. The van der Waals surface area contributed by atoms with Crippen LogP contribution in [0, 0.1) is 12.7 Å². The predicted octanol–water partition coefficient (Wildman–Crippen LogP) is 2.95. The fourth-order valence-corrected chi connectivity index (χ4v) is 2.44. The molecule has 20 heavy (non-hydrogen) atoms. The Labute approximate surface area is 119 Å². The second kappa shape index (κ2) is 6.51. The number of aromatic nitrogens is 2. The highest BCUT2D eigenvalue weighted by molar-refractivity contribution is 8.00. The van der Waals surface area contributed by atoms with Gasteiger partial charge >= 0.3 is 6.01 Å². The molecule has 2 aromatic rings. The van der Waals surface area contributed by atoms with Crippen molar-refractivity contribution < 1.29 is 13.7 Å². The van der Waals surface area contributed by atoms with E-state index in [4.69, 9.17) is 4.52 Å². The van der Waals surface area contributed by atoms with E-state index in [0.717, 1.165) is 0 Å². The summed E-state index contributed by atoms with van der Waals surface area (Å²) in [6.07, 6.45) is 0. The van der Waals surface area contributed by atoms with Crippen LogP contribution in [-0.2, 0) is 4.79 Å². The minimum Gasteiger partial charge on any atom is -0.315 e. The van der Waals surface area contributed by atoms with Crippen LogP contribution in [0.2, 0.25) is 0 Å². The molecule has 5 nitrogen and oxygen atoms in total. The number of nitrogens with zero attached hydrogens (tertiary/aromatic N) is 2. The first-order chi connectivity index (χ1) is 9.56. The molecule has 0 aliphatic rings. The molecular weight excluding hydrogens is 281 g/mol. The molecule has 0 spiro atoms. The molecule has 0 aliphatic heterocycles. The average molecular weight is 295 g/mol. The minimum absolute atomic E-state index is 0.0756. The molecule has 0 radical (unpaired) electrons. The Bertz CT molecular complexity index is 603. The SMILES string of the molecule is Cc1noc(NC(=O)CSC(C)c2ccccc2F)n1. The fourth-order valence-electron chi connectivity index (χ4n) is 1.60. The molecule has 0 fully saturated rings. The van der Waals surface area contributed by atoms with E-state index in [1.807, 2.05) is 6.92 Å². The zero-order chi connectivity index (χ0) is 14.5. The largest absolute Gasteiger partial charge is 0.328 e. The van der Waals surface area contributed by atoms with E-state index in [2.05, 4.69) is 15.5 Å². The van der Waals surface area contributed by atoms with Gasteiger partial charge in [0.05, 0.1) is 5.75 Å². The van der Waals surface area contributed by atoms with Gasteiger partial charge in [0.1, 0.15) is 5.82 Å². The van der Waals surface area contributed by atoms with Crippen molar-refractivity contribution in [2.24, 2.45) is 0 Å². The summed E-state index contributed by atoms with van der Waals surface area (Å²) in [7, 11) is 0. The Hall–Kier alpha value is -1.89. The first-order valence-electron chi connectivity index (χ1n) is 6.02. The molecule has 1 atom stereocenters. The number of nitrogens with one attached hydrogen (secondary N) is 1. The number of benzene rings is 1. The number of hydrogen-bond acceptors (Lipinski definition) is 5. The summed E-state index contributed by atoms with van der Waals surface area (Å²) in [6.45, 7) is 3.52. The summed E-state index contributed by atoms with van der Waals surface area (Å²) in [4.78, 5) is 15.6. The number of halogens is 1. The number of hydrogen-bond donors (Lipinski definition) is 1. The van der Waals surface area contributed by atoms with Gasteiger partial charge in [0.15, 0.2) is 5.82 Å². The Morgan fingerprint density at radius 1 is 1.50 bits per heavy atom. The molecule has 1 N–H and O–H groups in total. The van der Waals surface area contributed by atoms with Crippen LogP contribution in [0.3, 0.4) is 0 Å². The monoisotopic (exact) mass is 295 g/mol. The summed E-state index contributed by atoms with van der Waals surface area (Å²) in [5, 5.41) is 5.94. The third kappa shape index (κ3) is 3.80. The van der Waals surface area contributed by atoms with E-state index >= 15 is 0 Å². The summed E-state index contributed by atoms with van der Waals surface area (Å²) in [5.41, 5.74) is 0.582. The molecule has 1 amide bonds. The maximum absolute atomic E-state index is 13.6. The van der Waals surface area contributed by atoms with Crippen LogP contribution in [0.5, 0.6) is 0 Å². The fraction of sp³-hybridized carbons (Fsp3) is 0.308. The van der Waals surface area contributed by atoms with Crippen LogP contribution in [-0.4, -0.2) is 21.8 Å². The number of carbonyl (C=O) groups excluding carboxylic acids is 1. The highest BCUT2D eigenvalue weighted by Gasteiger charge is 2.14. The second-order valence-corrected chi connectivity index (χ2v) is 5.50. The molecule has 0 saturated heterocycles. The summed E-state index contributed by atoms with van der Waals surface area (Å²) < 4.78 is 18.4. The molecule has 1 aromatic carbocycles. The lowest BCUT2D eigenvalue weighted by atomic mass is 10.1. The van der Waals surface area contributed by atoms with Crippen LogP contribution < -0.4 is 5.32 Å². The molecular formula is C13H14FN3O2S. The van der Waals surface area contributed by atoms with Crippen LogP contribution in [0.1, 0.15) is 23.6 Å². The highest BCUT2D eigenvalue weighted by Crippen LogP contribution is 2.29. The molecule has 1 aromatic heterocycles. The lowest BCUT2D eigenvalue weighted by molar-refractivity contribution is -0.114. The first kappa shape index (κ1) is 14.5. The van der Waals surface area contributed by atoms with Crippen molar-refractivity contribution in [3.63, 3.8) is 0 Å². The molecule has 2 rings (SSSR count). The van der Waals surface area contributed by atoms with Gasteiger partial charge in [-0.1, -0.05) is 23.4 Å². The van der Waals surface area contributed by atoms with Crippen molar-refractivity contribution in [1.82, 2.24) is 10.1 Å². The molecule has 0 aliphatic carbocycles. The van der Waals surface area contributed by atoms with Gasteiger partial charge in [-0.3, -0.25) is 10.1 Å². The maximum atomic E-state index is 13.6. The normalized spacial score (nSPS) is 12.2. The average Bonchev–Trinajstić information content (AvgIpc) is 2.82. The van der Waals surface area contributed by atoms with E-state index in [-0.39, 0.29) is 28.7 Å². The second-order valence-electron chi connectivity index (χ2n) is 4.17. The van der Waals surface area contributed by atoms with Gasteiger partial charge in [0.25, 0.3) is 0 Å². The van der Waals surface area contributed by atoms with Crippen molar-refractivity contribution in [3.05, 3.63) is 41.5 Å². The van der Waals surface area contributed by atoms with E-state index in [1.165, 1.54) is 17.8 Å². The van der Waals surface area contributed by atoms with Gasteiger partial charge in [0.2, 0.25) is 5.91 Å². The van der Waals surface area contributed by atoms with Gasteiger partial charge in [0, 0.05) is 10.8 Å². The molecule has 0 bridgehead atoms. The molecule has 1 heterocycles. The molecule has 106 valence electrons. The van der Waals surface area contributed by atoms with Gasteiger partial charge in [-0.25, -0.2) is 4.39 Å². The van der Waals surface area contributed by atoms with Crippen molar-refractivity contribution in [3.8, 4) is 0 Å². The van der Waals surface area contributed by atoms with Gasteiger partial charge in [-0.05, 0) is 19.9 Å². The van der Waals surface area contributed by atoms with Crippen LogP contribution in [0.4, 0.5) is 10.4 Å². The van der Waals surface area contributed by atoms with Crippen molar-refractivity contribution >= 4 is 23.7 Å². The van der Waals surface area contributed by atoms with Crippen molar-refractivity contribution in [2.75, 3.05) is 11.1 Å². The quantitative estimate of drug-likeness (QED) is 0.918. The Balaban J connectivity index is 1.85.